The van der Waals surface area contributed by atoms with Crippen molar-refractivity contribution in [3.63, 3.8) is 0 Å². The van der Waals surface area contributed by atoms with E-state index in [1.165, 1.54) is 18.2 Å². The van der Waals surface area contributed by atoms with Gasteiger partial charge in [0.1, 0.15) is 17.2 Å². The zero-order valence-electron chi connectivity index (χ0n) is 14.9. The van der Waals surface area contributed by atoms with Gasteiger partial charge in [-0.2, -0.15) is 0 Å². The summed E-state index contributed by atoms with van der Waals surface area (Å²) < 4.78 is 46.8. The van der Waals surface area contributed by atoms with E-state index >= 15 is 0 Å². The molecule has 0 amide bonds. The number of benzene rings is 2. The molecule has 1 atom stereocenters. The Kier molecular flexibility index (Phi) is 5.60. The largest absolute Gasteiger partial charge is 0.573 e. The summed E-state index contributed by atoms with van der Waals surface area (Å²) in [7, 11) is 0. The number of halogens is 3. The molecule has 2 N–H and O–H groups in total. The first-order valence-electron chi connectivity index (χ1n) is 8.63. The molecule has 0 saturated heterocycles. The zero-order chi connectivity index (χ0) is 19.4. The normalized spacial score (nSPS) is 16.6. The molecule has 3 rings (SSSR count). The molecule has 27 heavy (non-hydrogen) atoms. The van der Waals surface area contributed by atoms with Gasteiger partial charge in [-0.25, -0.2) is 0 Å². The monoisotopic (exact) mass is 378 g/mol. The number of ether oxygens (including phenoxy) is 2. The van der Waals surface area contributed by atoms with E-state index in [2.05, 4.69) is 21.8 Å². The van der Waals surface area contributed by atoms with Crippen LogP contribution in [0.25, 0.3) is 0 Å². The molecule has 1 unspecified atom stereocenters. The Morgan fingerprint density at radius 2 is 1.93 bits per heavy atom. The van der Waals surface area contributed by atoms with Crippen molar-refractivity contribution < 1.29 is 22.6 Å². The molecule has 2 aromatic rings. The summed E-state index contributed by atoms with van der Waals surface area (Å²) in [6.07, 6.45) is 0.408. The molecule has 0 spiro atoms. The van der Waals surface area contributed by atoms with Gasteiger partial charge in [-0.15, -0.1) is 13.2 Å². The zero-order valence-corrected chi connectivity index (χ0v) is 14.9. The Bertz CT molecular complexity index is 821. The van der Waals surface area contributed by atoms with Crippen molar-refractivity contribution in [2.24, 2.45) is 5.73 Å². The Balaban J connectivity index is 1.74. The number of anilines is 1. The molecule has 144 valence electrons. The van der Waals surface area contributed by atoms with Crippen LogP contribution in [0.4, 0.5) is 18.9 Å². The van der Waals surface area contributed by atoms with E-state index in [0.29, 0.717) is 12.3 Å². The van der Waals surface area contributed by atoms with Crippen LogP contribution >= 0.6 is 0 Å². The number of rotatable bonds is 6. The number of aryl methyl sites for hydroxylation is 1. The first-order chi connectivity index (χ1) is 12.9. The van der Waals surface area contributed by atoms with Crippen LogP contribution in [-0.2, 0) is 0 Å². The quantitative estimate of drug-likeness (QED) is 0.735. The lowest BCUT2D eigenvalue weighted by Crippen LogP contribution is -2.31. The van der Waals surface area contributed by atoms with E-state index in [9.17, 15) is 13.2 Å². The fourth-order valence-corrected chi connectivity index (χ4v) is 3.08. The lowest BCUT2D eigenvalue weighted by Gasteiger charge is -2.27. The second kappa shape index (κ2) is 7.92. The Hall–Kier alpha value is -2.67. The average molecular weight is 378 g/mol. The SMILES string of the molecule is Cc1cc(N2CC=CC2CCN)ccc1Oc1cccc(OC(F)(F)F)c1. The minimum absolute atomic E-state index is 0.274. The van der Waals surface area contributed by atoms with Gasteiger partial charge in [0.2, 0.25) is 0 Å². The highest BCUT2D eigenvalue weighted by molar-refractivity contribution is 5.56. The minimum Gasteiger partial charge on any atom is -0.457 e. The number of hydrogen-bond donors (Lipinski definition) is 1. The minimum atomic E-state index is -4.74. The number of hydrogen-bond acceptors (Lipinski definition) is 4. The second-order valence-corrected chi connectivity index (χ2v) is 6.30. The third kappa shape index (κ3) is 4.95. The summed E-state index contributed by atoms with van der Waals surface area (Å²) >= 11 is 0. The van der Waals surface area contributed by atoms with Crippen LogP contribution in [0.5, 0.6) is 17.2 Å². The van der Waals surface area contributed by atoms with Gasteiger partial charge >= 0.3 is 6.36 Å². The highest BCUT2D eigenvalue weighted by Gasteiger charge is 2.31. The van der Waals surface area contributed by atoms with Crippen molar-refractivity contribution in [2.75, 3.05) is 18.0 Å². The highest BCUT2D eigenvalue weighted by atomic mass is 19.4. The molecule has 0 saturated carbocycles. The van der Waals surface area contributed by atoms with E-state index in [4.69, 9.17) is 10.5 Å². The van der Waals surface area contributed by atoms with Crippen LogP contribution in [0.3, 0.4) is 0 Å². The Morgan fingerprint density at radius 3 is 2.63 bits per heavy atom. The predicted octanol–water partition coefficient (Wildman–Crippen LogP) is 4.78. The Morgan fingerprint density at radius 1 is 1.15 bits per heavy atom. The van der Waals surface area contributed by atoms with Crippen LogP contribution in [0.1, 0.15) is 12.0 Å². The summed E-state index contributed by atoms with van der Waals surface area (Å²) in [6, 6.07) is 11.5. The Labute approximate surface area is 156 Å². The maximum absolute atomic E-state index is 12.4. The van der Waals surface area contributed by atoms with Crippen LogP contribution in [-0.4, -0.2) is 25.5 Å². The van der Waals surface area contributed by atoms with Crippen molar-refractivity contribution in [3.8, 4) is 17.2 Å². The molecule has 0 aliphatic carbocycles. The molecule has 0 bridgehead atoms. The smallest absolute Gasteiger partial charge is 0.457 e. The molecule has 0 aromatic heterocycles. The van der Waals surface area contributed by atoms with E-state index in [-0.39, 0.29) is 17.5 Å². The first kappa shape index (κ1) is 19.1. The van der Waals surface area contributed by atoms with Gasteiger partial charge in [-0.1, -0.05) is 18.2 Å². The molecular formula is C20H21F3N2O2. The van der Waals surface area contributed by atoms with Crippen molar-refractivity contribution >= 4 is 5.69 Å². The third-order valence-electron chi connectivity index (χ3n) is 4.28. The molecule has 4 nitrogen and oxygen atoms in total. The van der Waals surface area contributed by atoms with Gasteiger partial charge < -0.3 is 20.1 Å². The van der Waals surface area contributed by atoms with E-state index < -0.39 is 6.36 Å². The van der Waals surface area contributed by atoms with Crippen molar-refractivity contribution in [1.29, 1.82) is 0 Å². The summed E-state index contributed by atoms with van der Waals surface area (Å²) in [6.45, 7) is 3.33. The molecule has 1 heterocycles. The summed E-state index contributed by atoms with van der Waals surface area (Å²) in [5, 5.41) is 0. The number of alkyl halides is 3. The fraction of sp³-hybridized carbons (Fsp3) is 0.300. The van der Waals surface area contributed by atoms with E-state index in [0.717, 1.165) is 24.2 Å². The van der Waals surface area contributed by atoms with Gasteiger partial charge in [0.05, 0.1) is 0 Å². The van der Waals surface area contributed by atoms with Gasteiger partial charge in [0.25, 0.3) is 0 Å². The summed E-state index contributed by atoms with van der Waals surface area (Å²) in [5.41, 5.74) is 7.61. The second-order valence-electron chi connectivity index (χ2n) is 6.30. The van der Waals surface area contributed by atoms with Gasteiger partial charge in [-0.05, 0) is 55.8 Å². The van der Waals surface area contributed by atoms with Crippen LogP contribution < -0.4 is 20.1 Å². The van der Waals surface area contributed by atoms with Crippen molar-refractivity contribution in [3.05, 3.63) is 60.2 Å². The molecule has 0 fully saturated rings. The standard InChI is InChI=1S/C20H21F3N2O2/c1-14-12-16(25-11-3-4-15(25)9-10-24)7-8-19(14)26-17-5-2-6-18(13-17)27-20(21,22)23/h2-8,12-13,15H,9-11,24H2,1H3. The molecule has 1 aliphatic heterocycles. The topological polar surface area (TPSA) is 47.7 Å². The maximum Gasteiger partial charge on any atom is 0.573 e. The molecule has 0 radical (unpaired) electrons. The average Bonchev–Trinajstić information content (AvgIpc) is 3.04. The van der Waals surface area contributed by atoms with Crippen LogP contribution in [0.2, 0.25) is 0 Å². The van der Waals surface area contributed by atoms with Crippen molar-refractivity contribution in [1.82, 2.24) is 0 Å². The van der Waals surface area contributed by atoms with E-state index in [1.54, 1.807) is 6.07 Å². The van der Waals surface area contributed by atoms with Crippen LogP contribution in [0, 0.1) is 6.92 Å². The maximum atomic E-state index is 12.4. The molecular weight excluding hydrogens is 357 g/mol. The molecule has 2 aromatic carbocycles. The van der Waals surface area contributed by atoms with Crippen molar-refractivity contribution in [2.45, 2.75) is 25.7 Å². The van der Waals surface area contributed by atoms with E-state index in [1.807, 2.05) is 25.1 Å². The fourth-order valence-electron chi connectivity index (χ4n) is 3.08. The number of nitrogens with two attached hydrogens (primary N) is 1. The lowest BCUT2D eigenvalue weighted by atomic mass is 10.1. The summed E-state index contributed by atoms with van der Waals surface area (Å²) in [5.74, 6) is 0.531. The first-order valence-corrected chi connectivity index (χ1v) is 8.63. The lowest BCUT2D eigenvalue weighted by molar-refractivity contribution is -0.274. The third-order valence-corrected chi connectivity index (χ3v) is 4.28. The van der Waals surface area contributed by atoms with Crippen LogP contribution in [0.15, 0.2) is 54.6 Å². The predicted molar refractivity (Wildman–Crippen MR) is 98.3 cm³/mol. The molecule has 7 heteroatoms. The highest BCUT2D eigenvalue weighted by Crippen LogP contribution is 2.33. The molecule has 1 aliphatic rings. The number of nitrogens with zero attached hydrogens (tertiary/aromatic N) is 1. The van der Waals surface area contributed by atoms with Gasteiger partial charge in [0, 0.05) is 24.3 Å². The summed E-state index contributed by atoms with van der Waals surface area (Å²) in [4.78, 5) is 2.25. The van der Waals surface area contributed by atoms with Gasteiger partial charge in [-0.3, -0.25) is 0 Å². The van der Waals surface area contributed by atoms with Gasteiger partial charge in [0.15, 0.2) is 0 Å².